The van der Waals surface area contributed by atoms with Crippen molar-refractivity contribution in [1.29, 1.82) is 5.26 Å². The topological polar surface area (TPSA) is 55.0 Å². The van der Waals surface area contributed by atoms with Crippen LogP contribution in [-0.4, -0.2) is 11.7 Å². The summed E-state index contributed by atoms with van der Waals surface area (Å²) in [6.45, 7) is 1.78. The van der Waals surface area contributed by atoms with E-state index in [-0.39, 0.29) is 11.1 Å². The third kappa shape index (κ3) is 2.33. The molecule has 0 saturated carbocycles. The minimum absolute atomic E-state index is 0.0765. The van der Waals surface area contributed by atoms with Crippen molar-refractivity contribution in [3.05, 3.63) is 57.0 Å². The Morgan fingerprint density at radius 2 is 2.05 bits per heavy atom. The Kier molecular flexibility index (Phi) is 3.59. The van der Waals surface area contributed by atoms with E-state index in [0.717, 1.165) is 0 Å². The number of nitrogens with zero attached hydrogens (tertiary/aromatic N) is 2. The van der Waals surface area contributed by atoms with Gasteiger partial charge in [-0.15, -0.1) is 0 Å². The molecule has 19 heavy (non-hydrogen) atoms. The maximum atomic E-state index is 12.2. The zero-order chi connectivity index (χ0) is 14.0. The molecule has 1 heterocycles. The molecular formula is C14H11ClN2O2. The predicted octanol–water partition coefficient (Wildman–Crippen LogP) is 2.68. The lowest BCUT2D eigenvalue weighted by Crippen LogP contribution is -2.23. The average molecular weight is 275 g/mol. The van der Waals surface area contributed by atoms with Crippen LogP contribution in [0.3, 0.4) is 0 Å². The van der Waals surface area contributed by atoms with Gasteiger partial charge in [0.2, 0.25) is 0 Å². The molecule has 0 aliphatic heterocycles. The van der Waals surface area contributed by atoms with Crippen LogP contribution in [0.25, 0.3) is 5.69 Å². The Morgan fingerprint density at radius 1 is 1.32 bits per heavy atom. The number of aromatic nitrogens is 1. The van der Waals surface area contributed by atoms with Crippen LogP contribution in [0, 0.1) is 18.3 Å². The van der Waals surface area contributed by atoms with E-state index < -0.39 is 0 Å². The summed E-state index contributed by atoms with van der Waals surface area (Å²) in [7, 11) is 1.52. The van der Waals surface area contributed by atoms with Crippen LogP contribution in [-0.2, 0) is 0 Å². The predicted molar refractivity (Wildman–Crippen MR) is 73.1 cm³/mol. The normalized spacial score (nSPS) is 10.0. The molecule has 0 fully saturated rings. The molecule has 2 aromatic rings. The second-order valence-electron chi connectivity index (χ2n) is 3.96. The van der Waals surface area contributed by atoms with Crippen LogP contribution < -0.4 is 10.3 Å². The van der Waals surface area contributed by atoms with Crippen LogP contribution in [0.5, 0.6) is 5.75 Å². The Hall–Kier alpha value is -2.25. The van der Waals surface area contributed by atoms with Gasteiger partial charge in [-0.25, -0.2) is 0 Å². The number of hydrogen-bond acceptors (Lipinski definition) is 3. The van der Waals surface area contributed by atoms with E-state index in [0.29, 0.717) is 22.2 Å². The fraction of sp³-hybridized carbons (Fsp3) is 0.143. The molecule has 1 aromatic heterocycles. The van der Waals surface area contributed by atoms with Crippen molar-refractivity contribution in [2.75, 3.05) is 7.11 Å². The molecule has 4 nitrogen and oxygen atoms in total. The van der Waals surface area contributed by atoms with E-state index in [1.807, 2.05) is 6.07 Å². The lowest BCUT2D eigenvalue weighted by molar-refractivity contribution is 0.412. The Labute approximate surface area is 115 Å². The molecule has 1 aromatic carbocycles. The van der Waals surface area contributed by atoms with E-state index in [9.17, 15) is 4.79 Å². The number of aryl methyl sites for hydroxylation is 1. The molecule has 0 unspecified atom stereocenters. The monoisotopic (exact) mass is 274 g/mol. The number of methoxy groups -OCH3 is 1. The fourth-order valence-electron chi connectivity index (χ4n) is 1.85. The van der Waals surface area contributed by atoms with Crippen LogP contribution in [0.15, 0.2) is 35.1 Å². The van der Waals surface area contributed by atoms with Gasteiger partial charge in [-0.1, -0.05) is 11.6 Å². The first-order valence-corrected chi connectivity index (χ1v) is 5.93. The van der Waals surface area contributed by atoms with Crippen LogP contribution >= 0.6 is 11.6 Å². The summed E-state index contributed by atoms with van der Waals surface area (Å²) < 4.78 is 6.66. The molecule has 2 rings (SSSR count). The molecule has 0 atom stereocenters. The van der Waals surface area contributed by atoms with Gasteiger partial charge in [0.25, 0.3) is 5.56 Å². The molecule has 0 N–H and O–H groups in total. The van der Waals surface area contributed by atoms with E-state index >= 15 is 0 Å². The molecular weight excluding hydrogens is 264 g/mol. The maximum Gasteiger partial charge on any atom is 0.273 e. The molecule has 5 heteroatoms. The number of benzene rings is 1. The molecule has 96 valence electrons. The van der Waals surface area contributed by atoms with Gasteiger partial charge in [-0.3, -0.25) is 9.36 Å². The highest BCUT2D eigenvalue weighted by molar-refractivity contribution is 6.30. The largest absolute Gasteiger partial charge is 0.495 e. The van der Waals surface area contributed by atoms with Gasteiger partial charge in [-0.2, -0.15) is 5.26 Å². The molecule has 0 amide bonds. The highest BCUT2D eigenvalue weighted by Gasteiger charge is 2.12. The number of pyridine rings is 1. The second kappa shape index (κ2) is 5.17. The number of nitriles is 1. The highest BCUT2D eigenvalue weighted by Crippen LogP contribution is 2.26. The van der Waals surface area contributed by atoms with Gasteiger partial charge in [0, 0.05) is 10.7 Å². The molecule has 0 bridgehead atoms. The van der Waals surface area contributed by atoms with Gasteiger partial charge in [0.05, 0.1) is 12.8 Å². The Balaban J connectivity index is 2.83. The summed E-state index contributed by atoms with van der Waals surface area (Å²) in [6.07, 6.45) is 0. The molecule has 0 aliphatic carbocycles. The first-order valence-electron chi connectivity index (χ1n) is 5.55. The van der Waals surface area contributed by atoms with Crippen molar-refractivity contribution in [3.63, 3.8) is 0 Å². The highest BCUT2D eigenvalue weighted by atomic mass is 35.5. The van der Waals surface area contributed by atoms with E-state index in [1.54, 1.807) is 31.2 Å². The summed E-state index contributed by atoms with van der Waals surface area (Å²) in [5, 5.41) is 9.43. The average Bonchev–Trinajstić information content (AvgIpc) is 2.39. The minimum Gasteiger partial charge on any atom is -0.495 e. The Bertz CT molecular complexity index is 729. The summed E-state index contributed by atoms with van der Waals surface area (Å²) in [5.41, 5.74) is 0.912. The van der Waals surface area contributed by atoms with Crippen molar-refractivity contribution in [2.24, 2.45) is 0 Å². The van der Waals surface area contributed by atoms with Gasteiger partial charge in [0.1, 0.15) is 17.4 Å². The fourth-order valence-corrected chi connectivity index (χ4v) is 2.02. The summed E-state index contributed by atoms with van der Waals surface area (Å²) in [5.74, 6) is 0.518. The first kappa shape index (κ1) is 13.2. The maximum absolute atomic E-state index is 12.2. The van der Waals surface area contributed by atoms with Crippen LogP contribution in [0.4, 0.5) is 0 Å². The molecule has 0 spiro atoms. The SMILES string of the molecule is COc1ccc(Cl)cc1-n1c(C)ccc(C#N)c1=O. The number of rotatable bonds is 2. The van der Waals surface area contributed by atoms with Gasteiger partial charge in [0.15, 0.2) is 0 Å². The van der Waals surface area contributed by atoms with Crippen LogP contribution in [0.1, 0.15) is 11.3 Å². The zero-order valence-electron chi connectivity index (χ0n) is 10.5. The molecule has 0 radical (unpaired) electrons. The van der Waals surface area contributed by atoms with Crippen LogP contribution in [0.2, 0.25) is 5.02 Å². The zero-order valence-corrected chi connectivity index (χ0v) is 11.2. The van der Waals surface area contributed by atoms with Crippen molar-refractivity contribution >= 4 is 11.6 Å². The van der Waals surface area contributed by atoms with Crippen molar-refractivity contribution in [3.8, 4) is 17.5 Å². The van der Waals surface area contributed by atoms with Crippen molar-refractivity contribution < 1.29 is 4.74 Å². The first-order chi connectivity index (χ1) is 9.08. The third-order valence-electron chi connectivity index (χ3n) is 2.78. The van der Waals surface area contributed by atoms with Gasteiger partial charge < -0.3 is 4.74 Å². The number of halogens is 1. The number of ether oxygens (including phenoxy) is 1. The lowest BCUT2D eigenvalue weighted by Gasteiger charge is -2.14. The summed E-state index contributed by atoms with van der Waals surface area (Å²) in [4.78, 5) is 12.2. The van der Waals surface area contributed by atoms with Gasteiger partial charge in [-0.05, 0) is 37.3 Å². The molecule has 0 saturated heterocycles. The summed E-state index contributed by atoms with van der Waals surface area (Å²) >= 11 is 5.97. The van der Waals surface area contributed by atoms with E-state index in [2.05, 4.69) is 0 Å². The van der Waals surface area contributed by atoms with E-state index in [1.165, 1.54) is 17.7 Å². The summed E-state index contributed by atoms with van der Waals surface area (Å²) in [6, 6.07) is 10.1. The molecule has 0 aliphatic rings. The lowest BCUT2D eigenvalue weighted by atomic mass is 10.2. The standard InChI is InChI=1S/C14H11ClN2O2/c1-9-3-4-10(8-16)14(18)17(9)12-7-11(15)5-6-13(12)19-2/h3-7H,1-2H3. The third-order valence-corrected chi connectivity index (χ3v) is 3.01. The smallest absolute Gasteiger partial charge is 0.273 e. The quantitative estimate of drug-likeness (QED) is 0.846. The van der Waals surface area contributed by atoms with Gasteiger partial charge >= 0.3 is 0 Å². The minimum atomic E-state index is -0.386. The van der Waals surface area contributed by atoms with E-state index in [4.69, 9.17) is 21.6 Å². The van der Waals surface area contributed by atoms with Crippen molar-refractivity contribution in [1.82, 2.24) is 4.57 Å². The number of hydrogen-bond donors (Lipinski definition) is 0. The Morgan fingerprint density at radius 3 is 2.68 bits per heavy atom. The second-order valence-corrected chi connectivity index (χ2v) is 4.39. The van der Waals surface area contributed by atoms with Crippen molar-refractivity contribution in [2.45, 2.75) is 6.92 Å².